The SMILES string of the molecule is CCOCc1ccccc1NC1CC(N)C1. The number of nitrogens with one attached hydrogen (secondary N) is 1. The van der Waals surface area contributed by atoms with Gasteiger partial charge in [-0.1, -0.05) is 18.2 Å². The van der Waals surface area contributed by atoms with Crippen LogP contribution in [0.15, 0.2) is 24.3 Å². The monoisotopic (exact) mass is 220 g/mol. The Morgan fingerprint density at radius 1 is 1.38 bits per heavy atom. The molecule has 0 aromatic heterocycles. The fourth-order valence-corrected chi connectivity index (χ4v) is 2.00. The van der Waals surface area contributed by atoms with E-state index < -0.39 is 0 Å². The second-order valence-corrected chi connectivity index (χ2v) is 4.37. The number of benzene rings is 1. The molecule has 0 amide bonds. The van der Waals surface area contributed by atoms with Gasteiger partial charge >= 0.3 is 0 Å². The van der Waals surface area contributed by atoms with Crippen molar-refractivity contribution in [3.8, 4) is 0 Å². The predicted octanol–water partition coefficient (Wildman–Crippen LogP) is 2.12. The van der Waals surface area contributed by atoms with Gasteiger partial charge < -0.3 is 15.8 Å². The lowest BCUT2D eigenvalue weighted by atomic mass is 9.87. The predicted molar refractivity (Wildman–Crippen MR) is 66.4 cm³/mol. The molecule has 1 aromatic carbocycles. The van der Waals surface area contributed by atoms with E-state index in [9.17, 15) is 0 Å². The largest absolute Gasteiger partial charge is 0.382 e. The van der Waals surface area contributed by atoms with Crippen molar-refractivity contribution in [2.24, 2.45) is 5.73 Å². The Hall–Kier alpha value is -1.06. The normalized spacial score (nSPS) is 23.9. The lowest BCUT2D eigenvalue weighted by molar-refractivity contribution is 0.134. The number of rotatable bonds is 5. The van der Waals surface area contributed by atoms with Crippen LogP contribution in [-0.2, 0) is 11.3 Å². The molecule has 0 atom stereocenters. The highest BCUT2D eigenvalue weighted by molar-refractivity contribution is 5.51. The molecule has 88 valence electrons. The molecule has 3 nitrogen and oxygen atoms in total. The number of ether oxygens (including phenoxy) is 1. The molecular formula is C13H20N2O. The van der Waals surface area contributed by atoms with Gasteiger partial charge in [0, 0.05) is 29.9 Å². The van der Waals surface area contributed by atoms with Crippen LogP contribution >= 0.6 is 0 Å². The van der Waals surface area contributed by atoms with Gasteiger partial charge in [0.1, 0.15) is 0 Å². The van der Waals surface area contributed by atoms with Crippen LogP contribution in [0.25, 0.3) is 0 Å². The lowest BCUT2D eigenvalue weighted by Crippen LogP contribution is -2.44. The number of para-hydroxylation sites is 1. The minimum atomic E-state index is 0.386. The lowest BCUT2D eigenvalue weighted by Gasteiger charge is -2.34. The molecule has 3 N–H and O–H groups in total. The molecule has 1 aliphatic carbocycles. The average molecular weight is 220 g/mol. The Labute approximate surface area is 97.0 Å². The first kappa shape index (κ1) is 11.4. The zero-order valence-corrected chi connectivity index (χ0v) is 9.78. The molecule has 0 spiro atoms. The maximum Gasteiger partial charge on any atom is 0.0736 e. The van der Waals surface area contributed by atoms with Crippen LogP contribution < -0.4 is 11.1 Å². The summed E-state index contributed by atoms with van der Waals surface area (Å²) in [6, 6.07) is 9.24. The third kappa shape index (κ3) is 2.74. The molecule has 0 bridgehead atoms. The third-order valence-electron chi connectivity index (χ3n) is 3.01. The maximum absolute atomic E-state index is 5.78. The molecule has 0 saturated heterocycles. The van der Waals surface area contributed by atoms with E-state index in [4.69, 9.17) is 10.5 Å². The topological polar surface area (TPSA) is 47.3 Å². The Kier molecular flexibility index (Phi) is 3.80. The van der Waals surface area contributed by atoms with Crippen molar-refractivity contribution in [1.29, 1.82) is 0 Å². The summed E-state index contributed by atoms with van der Waals surface area (Å²) in [4.78, 5) is 0. The van der Waals surface area contributed by atoms with Crippen LogP contribution in [0, 0.1) is 0 Å². The van der Waals surface area contributed by atoms with Gasteiger partial charge in [-0.2, -0.15) is 0 Å². The minimum absolute atomic E-state index is 0.386. The number of hydrogen-bond donors (Lipinski definition) is 2. The first-order valence-corrected chi connectivity index (χ1v) is 5.97. The standard InChI is InChI=1S/C13H20N2O/c1-2-16-9-10-5-3-4-6-13(10)15-12-7-11(14)8-12/h3-6,11-12,15H,2,7-9,14H2,1H3. The Morgan fingerprint density at radius 2 is 2.12 bits per heavy atom. The summed E-state index contributed by atoms with van der Waals surface area (Å²) in [5, 5.41) is 3.53. The van der Waals surface area contributed by atoms with E-state index in [0.29, 0.717) is 18.7 Å². The summed E-state index contributed by atoms with van der Waals surface area (Å²) < 4.78 is 5.45. The molecule has 1 aromatic rings. The highest BCUT2D eigenvalue weighted by atomic mass is 16.5. The van der Waals surface area contributed by atoms with Crippen LogP contribution in [0.2, 0.25) is 0 Å². The van der Waals surface area contributed by atoms with E-state index in [2.05, 4.69) is 23.5 Å². The van der Waals surface area contributed by atoms with Crippen molar-refractivity contribution in [1.82, 2.24) is 0 Å². The molecule has 1 aliphatic rings. The van der Waals surface area contributed by atoms with Crippen molar-refractivity contribution >= 4 is 5.69 Å². The molecule has 0 aliphatic heterocycles. The van der Waals surface area contributed by atoms with E-state index in [-0.39, 0.29) is 0 Å². The third-order valence-corrected chi connectivity index (χ3v) is 3.01. The first-order valence-electron chi connectivity index (χ1n) is 5.97. The molecule has 0 unspecified atom stereocenters. The Bertz CT molecular complexity index is 334. The van der Waals surface area contributed by atoms with Gasteiger partial charge in [0.05, 0.1) is 6.61 Å². The summed E-state index contributed by atoms with van der Waals surface area (Å²) in [6.45, 7) is 3.45. The van der Waals surface area contributed by atoms with Crippen LogP contribution in [0.3, 0.4) is 0 Å². The quantitative estimate of drug-likeness (QED) is 0.799. The van der Waals surface area contributed by atoms with Crippen LogP contribution in [0.1, 0.15) is 25.3 Å². The molecule has 16 heavy (non-hydrogen) atoms. The summed E-state index contributed by atoms with van der Waals surface area (Å²) in [7, 11) is 0. The van der Waals surface area contributed by atoms with Gasteiger partial charge in [0.15, 0.2) is 0 Å². The zero-order chi connectivity index (χ0) is 11.4. The van der Waals surface area contributed by atoms with Crippen LogP contribution in [-0.4, -0.2) is 18.7 Å². The van der Waals surface area contributed by atoms with Gasteiger partial charge in [-0.25, -0.2) is 0 Å². The number of hydrogen-bond acceptors (Lipinski definition) is 3. The first-order chi connectivity index (χ1) is 7.79. The number of anilines is 1. The molecule has 3 heteroatoms. The fourth-order valence-electron chi connectivity index (χ4n) is 2.00. The Morgan fingerprint density at radius 3 is 2.81 bits per heavy atom. The zero-order valence-electron chi connectivity index (χ0n) is 9.78. The van der Waals surface area contributed by atoms with Gasteiger partial charge in [0.25, 0.3) is 0 Å². The molecule has 1 fully saturated rings. The summed E-state index contributed by atoms with van der Waals surface area (Å²) in [5.74, 6) is 0. The van der Waals surface area contributed by atoms with Crippen molar-refractivity contribution in [2.75, 3.05) is 11.9 Å². The van der Waals surface area contributed by atoms with Gasteiger partial charge in [-0.05, 0) is 25.8 Å². The summed E-state index contributed by atoms with van der Waals surface area (Å²) in [6.07, 6.45) is 2.14. The van der Waals surface area contributed by atoms with Gasteiger partial charge in [-0.3, -0.25) is 0 Å². The molecule has 2 rings (SSSR count). The van der Waals surface area contributed by atoms with E-state index in [1.165, 1.54) is 11.3 Å². The van der Waals surface area contributed by atoms with Crippen molar-refractivity contribution < 1.29 is 4.74 Å². The second kappa shape index (κ2) is 5.32. The van der Waals surface area contributed by atoms with Gasteiger partial charge in [0.2, 0.25) is 0 Å². The van der Waals surface area contributed by atoms with Crippen LogP contribution in [0.4, 0.5) is 5.69 Å². The molecule has 0 heterocycles. The summed E-state index contributed by atoms with van der Waals surface area (Å²) in [5.41, 5.74) is 8.19. The van der Waals surface area contributed by atoms with E-state index in [1.54, 1.807) is 0 Å². The molecule has 1 saturated carbocycles. The van der Waals surface area contributed by atoms with E-state index >= 15 is 0 Å². The Balaban J connectivity index is 1.96. The highest BCUT2D eigenvalue weighted by Crippen LogP contribution is 2.25. The summed E-state index contributed by atoms with van der Waals surface area (Å²) >= 11 is 0. The average Bonchev–Trinajstić information content (AvgIpc) is 2.26. The molecular weight excluding hydrogens is 200 g/mol. The van der Waals surface area contributed by atoms with E-state index in [0.717, 1.165) is 19.4 Å². The maximum atomic E-state index is 5.78. The van der Waals surface area contributed by atoms with E-state index in [1.807, 2.05) is 13.0 Å². The van der Waals surface area contributed by atoms with Gasteiger partial charge in [-0.15, -0.1) is 0 Å². The smallest absolute Gasteiger partial charge is 0.0736 e. The second-order valence-electron chi connectivity index (χ2n) is 4.37. The minimum Gasteiger partial charge on any atom is -0.382 e. The van der Waals surface area contributed by atoms with Crippen molar-refractivity contribution in [3.63, 3.8) is 0 Å². The number of nitrogens with two attached hydrogens (primary N) is 1. The molecule has 0 radical (unpaired) electrons. The highest BCUT2D eigenvalue weighted by Gasteiger charge is 2.25. The van der Waals surface area contributed by atoms with Crippen LogP contribution in [0.5, 0.6) is 0 Å². The fraction of sp³-hybridized carbons (Fsp3) is 0.538. The van der Waals surface area contributed by atoms with Crippen molar-refractivity contribution in [3.05, 3.63) is 29.8 Å². The van der Waals surface area contributed by atoms with Crippen molar-refractivity contribution in [2.45, 2.75) is 38.5 Å².